The Morgan fingerprint density at radius 1 is 1.32 bits per heavy atom. The monoisotopic (exact) mass is 377 g/mol. The first kappa shape index (κ1) is 18.0. The van der Waals surface area contributed by atoms with Crippen molar-refractivity contribution in [3.05, 3.63) is 44.2 Å². The zero-order chi connectivity index (χ0) is 16.9. The molecule has 1 aromatic carbocycles. The zero-order valence-electron chi connectivity index (χ0n) is 11.7. The van der Waals surface area contributed by atoms with Crippen LogP contribution in [0, 0.1) is 21.8 Å². The van der Waals surface area contributed by atoms with Crippen LogP contribution < -0.4 is 0 Å². The predicted molar refractivity (Wildman–Crippen MR) is 76.2 cm³/mol. The maximum Gasteiger partial charge on any atom is 0.320 e. The number of nitrogens with zero attached hydrogens (tertiary/aromatic N) is 1. The van der Waals surface area contributed by atoms with E-state index in [2.05, 4.69) is 25.4 Å². The average Bonchev–Trinajstić information content (AvgIpc) is 2.45. The molecule has 0 aliphatic rings. The van der Waals surface area contributed by atoms with E-state index in [1.165, 1.54) is 12.1 Å². The Morgan fingerprint density at radius 3 is 2.27 bits per heavy atom. The lowest BCUT2D eigenvalue weighted by Crippen LogP contribution is -2.36. The molecule has 0 amide bonds. The molecule has 0 heterocycles. The van der Waals surface area contributed by atoms with Crippen molar-refractivity contribution in [3.63, 3.8) is 0 Å². The molecule has 1 aromatic rings. The molecule has 0 aliphatic heterocycles. The number of carbonyl (C=O) groups is 2. The predicted octanol–water partition coefficient (Wildman–Crippen LogP) is 1.91. The van der Waals surface area contributed by atoms with E-state index in [-0.39, 0.29) is 5.56 Å². The average molecular weight is 378 g/mol. The third-order valence-electron chi connectivity index (χ3n) is 3.02. The maximum absolute atomic E-state index is 14.1. The first-order valence-corrected chi connectivity index (χ1v) is 6.83. The molecule has 0 fully saturated rings. The van der Waals surface area contributed by atoms with E-state index in [1.807, 2.05) is 0 Å². The molecular weight excluding hydrogens is 365 g/mol. The summed E-state index contributed by atoms with van der Waals surface area (Å²) in [5.41, 5.74) is -0.138. The van der Waals surface area contributed by atoms with Gasteiger partial charge in [-0.15, -0.1) is 0 Å². The molecule has 0 aliphatic carbocycles. The standard InChI is InChI=1S/C13H13BrFNO6/c1-21-12(17)11(13(18)22-2)9(6-16(19)20)8-4-3-7(14)5-10(8)15/h3-5,9,11H,6H2,1-2H3. The normalized spacial score (nSPS) is 11.9. The van der Waals surface area contributed by atoms with Gasteiger partial charge in [0, 0.05) is 9.40 Å². The molecule has 1 rings (SSSR count). The fraction of sp³-hybridized carbons (Fsp3) is 0.385. The van der Waals surface area contributed by atoms with E-state index >= 15 is 0 Å². The molecule has 7 nitrogen and oxygen atoms in total. The summed E-state index contributed by atoms with van der Waals surface area (Å²) < 4.78 is 23.5. The van der Waals surface area contributed by atoms with E-state index in [0.717, 1.165) is 20.3 Å². The minimum absolute atomic E-state index is 0.138. The van der Waals surface area contributed by atoms with Gasteiger partial charge >= 0.3 is 11.9 Å². The highest BCUT2D eigenvalue weighted by Gasteiger charge is 2.42. The fourth-order valence-corrected chi connectivity index (χ4v) is 2.36. The summed E-state index contributed by atoms with van der Waals surface area (Å²) >= 11 is 3.06. The van der Waals surface area contributed by atoms with Gasteiger partial charge in [0.05, 0.1) is 20.1 Å². The smallest absolute Gasteiger partial charge is 0.320 e. The number of rotatable bonds is 6. The van der Waals surface area contributed by atoms with E-state index in [0.29, 0.717) is 4.47 Å². The Hall–Kier alpha value is -2.03. The van der Waals surface area contributed by atoms with Gasteiger partial charge in [0.25, 0.3) is 0 Å². The van der Waals surface area contributed by atoms with E-state index < -0.39 is 41.1 Å². The van der Waals surface area contributed by atoms with Crippen LogP contribution in [0.1, 0.15) is 11.5 Å². The van der Waals surface area contributed by atoms with Crippen LogP contribution in [-0.2, 0) is 19.1 Å². The summed E-state index contributed by atoms with van der Waals surface area (Å²) in [5.74, 6) is -5.81. The van der Waals surface area contributed by atoms with Gasteiger partial charge in [-0.3, -0.25) is 19.7 Å². The third-order valence-corrected chi connectivity index (χ3v) is 3.51. The Labute approximate surface area is 133 Å². The molecule has 1 unspecified atom stereocenters. The fourth-order valence-electron chi connectivity index (χ4n) is 2.02. The van der Waals surface area contributed by atoms with Crippen LogP contribution in [0.2, 0.25) is 0 Å². The second kappa shape index (κ2) is 7.83. The molecule has 22 heavy (non-hydrogen) atoms. The molecule has 0 radical (unpaired) electrons. The minimum atomic E-state index is -1.63. The highest BCUT2D eigenvalue weighted by atomic mass is 79.9. The highest BCUT2D eigenvalue weighted by Crippen LogP contribution is 2.30. The minimum Gasteiger partial charge on any atom is -0.468 e. The van der Waals surface area contributed by atoms with Crippen LogP contribution in [0.5, 0.6) is 0 Å². The SMILES string of the molecule is COC(=O)C(C(=O)OC)C(C[N+](=O)[O-])c1ccc(Br)cc1F. The van der Waals surface area contributed by atoms with Crippen molar-refractivity contribution in [2.45, 2.75) is 5.92 Å². The first-order valence-electron chi connectivity index (χ1n) is 6.04. The number of hydrogen-bond acceptors (Lipinski definition) is 6. The van der Waals surface area contributed by atoms with Crippen LogP contribution in [0.15, 0.2) is 22.7 Å². The van der Waals surface area contributed by atoms with Gasteiger partial charge in [0.15, 0.2) is 5.92 Å². The molecule has 120 valence electrons. The van der Waals surface area contributed by atoms with Crippen LogP contribution in [0.4, 0.5) is 4.39 Å². The van der Waals surface area contributed by atoms with Gasteiger partial charge in [-0.25, -0.2) is 4.39 Å². The van der Waals surface area contributed by atoms with Crippen molar-refractivity contribution in [1.82, 2.24) is 0 Å². The lowest BCUT2D eigenvalue weighted by Gasteiger charge is -2.21. The lowest BCUT2D eigenvalue weighted by atomic mass is 9.85. The van der Waals surface area contributed by atoms with Crippen molar-refractivity contribution in [2.75, 3.05) is 20.8 Å². The number of benzene rings is 1. The molecule has 0 aromatic heterocycles. The van der Waals surface area contributed by atoms with Crippen molar-refractivity contribution >= 4 is 27.9 Å². The van der Waals surface area contributed by atoms with Crippen molar-refractivity contribution < 1.29 is 28.4 Å². The van der Waals surface area contributed by atoms with Crippen LogP contribution in [-0.4, -0.2) is 37.6 Å². The molecular formula is C13H13BrFNO6. The van der Waals surface area contributed by atoms with Gasteiger partial charge < -0.3 is 9.47 Å². The number of methoxy groups -OCH3 is 2. The number of nitro groups is 1. The van der Waals surface area contributed by atoms with Crippen LogP contribution in [0.25, 0.3) is 0 Å². The first-order chi connectivity index (χ1) is 10.3. The van der Waals surface area contributed by atoms with E-state index in [1.54, 1.807) is 0 Å². The Kier molecular flexibility index (Phi) is 6.41. The van der Waals surface area contributed by atoms with E-state index in [9.17, 15) is 24.1 Å². The van der Waals surface area contributed by atoms with Gasteiger partial charge in [-0.1, -0.05) is 22.0 Å². The quantitative estimate of drug-likeness (QED) is 0.325. The maximum atomic E-state index is 14.1. The lowest BCUT2D eigenvalue weighted by molar-refractivity contribution is -0.484. The second-order valence-corrected chi connectivity index (χ2v) is 5.23. The number of esters is 2. The zero-order valence-corrected chi connectivity index (χ0v) is 13.3. The number of carbonyl (C=O) groups excluding carboxylic acids is 2. The summed E-state index contributed by atoms with van der Waals surface area (Å²) in [6.07, 6.45) is 0. The summed E-state index contributed by atoms with van der Waals surface area (Å²) in [7, 11) is 2.05. The van der Waals surface area contributed by atoms with Crippen molar-refractivity contribution in [2.24, 2.45) is 5.92 Å². The largest absolute Gasteiger partial charge is 0.468 e. The van der Waals surface area contributed by atoms with E-state index in [4.69, 9.17) is 0 Å². The van der Waals surface area contributed by atoms with Crippen LogP contribution in [0.3, 0.4) is 0 Å². The van der Waals surface area contributed by atoms with Gasteiger partial charge in [0.2, 0.25) is 6.54 Å². The van der Waals surface area contributed by atoms with Crippen molar-refractivity contribution in [1.29, 1.82) is 0 Å². The Morgan fingerprint density at radius 2 is 1.86 bits per heavy atom. The Balaban J connectivity index is 3.38. The second-order valence-electron chi connectivity index (χ2n) is 4.31. The van der Waals surface area contributed by atoms with Crippen molar-refractivity contribution in [3.8, 4) is 0 Å². The highest BCUT2D eigenvalue weighted by molar-refractivity contribution is 9.10. The summed E-state index contributed by atoms with van der Waals surface area (Å²) in [5, 5.41) is 10.9. The summed E-state index contributed by atoms with van der Waals surface area (Å²) in [6.45, 7) is -0.826. The topological polar surface area (TPSA) is 95.7 Å². The number of halogens is 2. The number of ether oxygens (including phenoxy) is 2. The Bertz CT molecular complexity index is 578. The molecule has 1 atom stereocenters. The van der Waals surface area contributed by atoms with Gasteiger partial charge in [-0.2, -0.15) is 0 Å². The van der Waals surface area contributed by atoms with Gasteiger partial charge in [0.1, 0.15) is 5.82 Å². The molecule has 0 bridgehead atoms. The molecule has 0 spiro atoms. The van der Waals surface area contributed by atoms with Crippen LogP contribution >= 0.6 is 15.9 Å². The summed E-state index contributed by atoms with van der Waals surface area (Å²) in [6, 6.07) is 3.82. The molecule has 0 N–H and O–H groups in total. The third kappa shape index (κ3) is 4.23. The summed E-state index contributed by atoms with van der Waals surface area (Å²) in [4.78, 5) is 33.7. The molecule has 0 saturated carbocycles. The molecule has 9 heteroatoms. The number of hydrogen-bond donors (Lipinski definition) is 0. The van der Waals surface area contributed by atoms with Gasteiger partial charge in [-0.05, 0) is 17.7 Å². The molecule has 0 saturated heterocycles.